The van der Waals surface area contributed by atoms with Crippen LogP contribution in [0.3, 0.4) is 0 Å². The fourth-order valence-corrected chi connectivity index (χ4v) is 1.59. The predicted molar refractivity (Wildman–Crippen MR) is 71.4 cm³/mol. The Hall–Kier alpha value is -1.52. The number of carboxylic acids is 1. The average Bonchev–Trinajstić information content (AvgIpc) is 2.23. The Labute approximate surface area is 109 Å². The molecule has 0 radical (unpaired) electrons. The van der Waals surface area contributed by atoms with Gasteiger partial charge in [-0.15, -0.1) is 6.58 Å². The fourth-order valence-electron chi connectivity index (χ4n) is 1.59. The van der Waals surface area contributed by atoms with Crippen molar-refractivity contribution in [1.29, 1.82) is 0 Å². The number of rotatable bonds is 7. The van der Waals surface area contributed by atoms with Gasteiger partial charge in [-0.05, 0) is 26.2 Å². The van der Waals surface area contributed by atoms with Gasteiger partial charge in [-0.2, -0.15) is 0 Å². The maximum absolute atomic E-state index is 12.0. The van der Waals surface area contributed by atoms with Crippen LogP contribution in [0.5, 0.6) is 0 Å². The second-order valence-corrected chi connectivity index (χ2v) is 5.00. The molecule has 1 atom stereocenters. The van der Waals surface area contributed by atoms with Crippen LogP contribution >= 0.6 is 0 Å². The van der Waals surface area contributed by atoms with Crippen molar-refractivity contribution in [3.05, 3.63) is 12.7 Å². The number of hydrogen-bond acceptors (Lipinski definition) is 2. The standard InChI is InChI=1S/C13H24N2O3/c1-6-7-15(10(4)5)13(18)14-11(12(16)17)8-9(2)3/h6,9-11H,1,7-8H2,2-5H3,(H,14,18)(H,16,17)/t11-/m0/s1. The summed E-state index contributed by atoms with van der Waals surface area (Å²) in [7, 11) is 0. The SMILES string of the molecule is C=CCN(C(=O)N[C@@H](CC(C)C)C(=O)O)C(C)C. The van der Waals surface area contributed by atoms with Gasteiger partial charge < -0.3 is 15.3 Å². The van der Waals surface area contributed by atoms with Crippen LogP contribution in [0, 0.1) is 5.92 Å². The molecule has 0 aliphatic rings. The molecule has 5 nitrogen and oxygen atoms in total. The molecular weight excluding hydrogens is 232 g/mol. The van der Waals surface area contributed by atoms with E-state index < -0.39 is 12.0 Å². The van der Waals surface area contributed by atoms with Crippen molar-refractivity contribution in [2.45, 2.75) is 46.2 Å². The van der Waals surface area contributed by atoms with Crippen LogP contribution in [0.15, 0.2) is 12.7 Å². The number of aliphatic carboxylic acids is 1. The average molecular weight is 256 g/mol. The van der Waals surface area contributed by atoms with E-state index in [4.69, 9.17) is 5.11 Å². The summed E-state index contributed by atoms with van der Waals surface area (Å²) in [5.41, 5.74) is 0. The van der Waals surface area contributed by atoms with Crippen LogP contribution in [-0.4, -0.2) is 40.6 Å². The molecule has 0 rings (SSSR count). The first-order valence-corrected chi connectivity index (χ1v) is 6.20. The Morgan fingerprint density at radius 2 is 1.89 bits per heavy atom. The summed E-state index contributed by atoms with van der Waals surface area (Å²) in [6.07, 6.45) is 2.04. The van der Waals surface area contributed by atoms with Crippen molar-refractivity contribution >= 4 is 12.0 Å². The first-order valence-electron chi connectivity index (χ1n) is 6.20. The number of nitrogens with zero attached hydrogens (tertiary/aromatic N) is 1. The first kappa shape index (κ1) is 16.5. The lowest BCUT2D eigenvalue weighted by atomic mass is 10.0. The number of hydrogen-bond donors (Lipinski definition) is 2. The topological polar surface area (TPSA) is 69.6 Å². The highest BCUT2D eigenvalue weighted by atomic mass is 16.4. The zero-order valence-corrected chi connectivity index (χ0v) is 11.6. The minimum absolute atomic E-state index is 0.00325. The second-order valence-electron chi connectivity index (χ2n) is 5.00. The van der Waals surface area contributed by atoms with Gasteiger partial charge in [-0.3, -0.25) is 0 Å². The van der Waals surface area contributed by atoms with E-state index in [1.54, 1.807) is 11.0 Å². The van der Waals surface area contributed by atoms with E-state index in [-0.39, 0.29) is 18.0 Å². The number of carbonyl (C=O) groups is 2. The molecule has 0 bridgehead atoms. The van der Waals surface area contributed by atoms with Gasteiger partial charge in [0.2, 0.25) is 0 Å². The highest BCUT2D eigenvalue weighted by molar-refractivity contribution is 5.82. The third-order valence-corrected chi connectivity index (χ3v) is 2.51. The summed E-state index contributed by atoms with van der Waals surface area (Å²) in [6.45, 7) is 11.6. The summed E-state index contributed by atoms with van der Waals surface area (Å²) < 4.78 is 0. The number of nitrogens with one attached hydrogen (secondary N) is 1. The summed E-state index contributed by atoms with van der Waals surface area (Å²) in [6, 6.07) is -1.21. The van der Waals surface area contributed by atoms with Crippen LogP contribution in [0.4, 0.5) is 4.79 Å². The van der Waals surface area contributed by atoms with Crippen molar-refractivity contribution in [1.82, 2.24) is 10.2 Å². The maximum Gasteiger partial charge on any atom is 0.326 e. The molecule has 0 fully saturated rings. The van der Waals surface area contributed by atoms with E-state index in [1.807, 2.05) is 27.7 Å². The highest BCUT2D eigenvalue weighted by Gasteiger charge is 2.24. The molecule has 0 aliphatic heterocycles. The summed E-state index contributed by atoms with van der Waals surface area (Å²) in [5.74, 6) is -0.794. The third kappa shape index (κ3) is 5.70. The molecule has 104 valence electrons. The molecule has 2 N–H and O–H groups in total. The van der Waals surface area contributed by atoms with Gasteiger partial charge in [0.15, 0.2) is 0 Å². The molecule has 0 aliphatic carbocycles. The molecule has 0 aromatic rings. The maximum atomic E-state index is 12.0. The van der Waals surface area contributed by atoms with Crippen molar-refractivity contribution in [2.75, 3.05) is 6.54 Å². The molecule has 0 aromatic heterocycles. The van der Waals surface area contributed by atoms with E-state index in [1.165, 1.54) is 0 Å². The third-order valence-electron chi connectivity index (χ3n) is 2.51. The van der Waals surface area contributed by atoms with Crippen LogP contribution in [0.1, 0.15) is 34.1 Å². The second kappa shape index (κ2) is 7.74. The van der Waals surface area contributed by atoms with Crippen molar-refractivity contribution in [3.63, 3.8) is 0 Å². The number of amides is 2. The van der Waals surface area contributed by atoms with E-state index in [0.29, 0.717) is 13.0 Å². The number of carboxylic acid groups (broad SMARTS) is 1. The van der Waals surface area contributed by atoms with Gasteiger partial charge in [0.1, 0.15) is 6.04 Å². The lowest BCUT2D eigenvalue weighted by Gasteiger charge is -2.27. The van der Waals surface area contributed by atoms with E-state index >= 15 is 0 Å². The normalized spacial score (nSPS) is 12.3. The Kier molecular flexibility index (Phi) is 7.08. The Bertz CT molecular complexity index is 301. The van der Waals surface area contributed by atoms with Crippen molar-refractivity contribution < 1.29 is 14.7 Å². The highest BCUT2D eigenvalue weighted by Crippen LogP contribution is 2.07. The minimum Gasteiger partial charge on any atom is -0.480 e. The molecule has 5 heteroatoms. The lowest BCUT2D eigenvalue weighted by molar-refractivity contribution is -0.139. The van der Waals surface area contributed by atoms with Crippen LogP contribution in [-0.2, 0) is 4.79 Å². The van der Waals surface area contributed by atoms with E-state index in [2.05, 4.69) is 11.9 Å². The van der Waals surface area contributed by atoms with Crippen LogP contribution < -0.4 is 5.32 Å². The van der Waals surface area contributed by atoms with Crippen molar-refractivity contribution in [2.24, 2.45) is 5.92 Å². The molecule has 0 saturated carbocycles. The van der Waals surface area contributed by atoms with Gasteiger partial charge in [0.05, 0.1) is 0 Å². The van der Waals surface area contributed by atoms with Gasteiger partial charge in [0.25, 0.3) is 0 Å². The Morgan fingerprint density at radius 1 is 1.33 bits per heavy atom. The lowest BCUT2D eigenvalue weighted by Crippen LogP contribution is -2.50. The van der Waals surface area contributed by atoms with Gasteiger partial charge >= 0.3 is 12.0 Å². The molecular formula is C13H24N2O3. The zero-order valence-electron chi connectivity index (χ0n) is 11.6. The molecule has 0 saturated heterocycles. The van der Waals surface area contributed by atoms with Gasteiger partial charge in [-0.1, -0.05) is 19.9 Å². The van der Waals surface area contributed by atoms with E-state index in [0.717, 1.165) is 0 Å². The molecule has 0 unspecified atom stereocenters. The van der Waals surface area contributed by atoms with Gasteiger partial charge in [-0.25, -0.2) is 9.59 Å². The largest absolute Gasteiger partial charge is 0.480 e. The zero-order chi connectivity index (χ0) is 14.3. The smallest absolute Gasteiger partial charge is 0.326 e. The fraction of sp³-hybridized carbons (Fsp3) is 0.692. The quantitative estimate of drug-likeness (QED) is 0.685. The number of urea groups is 1. The van der Waals surface area contributed by atoms with Crippen LogP contribution in [0.25, 0.3) is 0 Å². The predicted octanol–water partition coefficient (Wildman–Crippen LogP) is 2.09. The molecule has 2 amide bonds. The van der Waals surface area contributed by atoms with E-state index in [9.17, 15) is 9.59 Å². The Balaban J connectivity index is 4.65. The molecule has 18 heavy (non-hydrogen) atoms. The first-order chi connectivity index (χ1) is 8.29. The summed E-state index contributed by atoms with van der Waals surface area (Å²) in [4.78, 5) is 24.6. The number of carbonyl (C=O) groups excluding carboxylic acids is 1. The summed E-state index contributed by atoms with van der Waals surface area (Å²) in [5, 5.41) is 11.6. The Morgan fingerprint density at radius 3 is 2.22 bits per heavy atom. The van der Waals surface area contributed by atoms with Crippen LogP contribution in [0.2, 0.25) is 0 Å². The monoisotopic (exact) mass is 256 g/mol. The van der Waals surface area contributed by atoms with Gasteiger partial charge in [0, 0.05) is 12.6 Å². The molecule has 0 aromatic carbocycles. The van der Waals surface area contributed by atoms with Crippen molar-refractivity contribution in [3.8, 4) is 0 Å². The molecule has 0 heterocycles. The summed E-state index contributed by atoms with van der Waals surface area (Å²) >= 11 is 0. The molecule has 0 spiro atoms. The minimum atomic E-state index is -1.00.